The highest BCUT2D eigenvalue weighted by molar-refractivity contribution is 6.35. The van der Waals surface area contributed by atoms with Crippen LogP contribution in [0, 0.1) is 0 Å². The maximum Gasteiger partial charge on any atom is 0.417 e. The molecule has 2 amide bonds. The number of hydrogen-bond donors (Lipinski definition) is 0. The Morgan fingerprint density at radius 1 is 0.769 bits per heavy atom. The van der Waals surface area contributed by atoms with Crippen molar-refractivity contribution in [2.24, 2.45) is 0 Å². The highest BCUT2D eigenvalue weighted by Crippen LogP contribution is 2.45. The normalized spacial score (nSPS) is 14.8. The lowest BCUT2D eigenvalue weighted by Gasteiger charge is -2.20. The number of hydrogen-bond acceptors (Lipinski definition) is 2. The fourth-order valence-electron chi connectivity index (χ4n) is 2.57. The van der Waals surface area contributed by atoms with Crippen LogP contribution in [0.4, 0.5) is 32.0 Å². The van der Waals surface area contributed by atoms with Crippen LogP contribution in [0.2, 0.25) is 5.02 Å². The molecule has 3 rings (SSSR count). The predicted molar refractivity (Wildman–Crippen MR) is 79.0 cm³/mol. The molecule has 1 aliphatic heterocycles. The standard InChI is InChI=1S/C16H6ClF6NO2/c17-12-10(15(18,19)20)5-7(6-11(12)16(21,22)23)24-13(25)8-3-1-2-4-9(8)14(24)26/h1-6H. The zero-order valence-electron chi connectivity index (χ0n) is 12.4. The molecular formula is C16H6ClF6NO2. The summed E-state index contributed by atoms with van der Waals surface area (Å²) in [5, 5.41) is -1.55. The number of benzene rings is 2. The summed E-state index contributed by atoms with van der Waals surface area (Å²) >= 11 is 5.29. The molecule has 0 aromatic heterocycles. The second-order valence-corrected chi connectivity index (χ2v) is 5.72. The third-order valence-electron chi connectivity index (χ3n) is 3.72. The third kappa shape index (κ3) is 2.82. The third-order valence-corrected chi connectivity index (χ3v) is 4.13. The SMILES string of the molecule is O=C1c2ccccc2C(=O)N1c1cc(C(F)(F)F)c(Cl)c(C(F)(F)F)c1. The lowest BCUT2D eigenvalue weighted by atomic mass is 10.1. The fourth-order valence-corrected chi connectivity index (χ4v) is 2.90. The molecule has 0 radical (unpaired) electrons. The van der Waals surface area contributed by atoms with E-state index in [1.165, 1.54) is 24.3 Å². The number of carbonyl (C=O) groups is 2. The summed E-state index contributed by atoms with van der Waals surface area (Å²) in [4.78, 5) is 24.9. The highest BCUT2D eigenvalue weighted by atomic mass is 35.5. The van der Waals surface area contributed by atoms with Crippen LogP contribution in [0.5, 0.6) is 0 Å². The number of anilines is 1. The average Bonchev–Trinajstić information content (AvgIpc) is 2.78. The average molecular weight is 394 g/mol. The van der Waals surface area contributed by atoms with E-state index in [-0.39, 0.29) is 28.2 Å². The van der Waals surface area contributed by atoms with Gasteiger partial charge in [0, 0.05) is 0 Å². The van der Waals surface area contributed by atoms with E-state index in [0.717, 1.165) is 0 Å². The minimum absolute atomic E-state index is 0.116. The van der Waals surface area contributed by atoms with Crippen molar-refractivity contribution in [3.05, 3.63) is 63.7 Å². The maximum atomic E-state index is 13.1. The second-order valence-electron chi connectivity index (χ2n) is 5.34. The number of halogens is 7. The van der Waals surface area contributed by atoms with Crippen molar-refractivity contribution < 1.29 is 35.9 Å². The highest BCUT2D eigenvalue weighted by Gasteiger charge is 2.44. The Morgan fingerprint density at radius 2 is 1.15 bits per heavy atom. The lowest BCUT2D eigenvalue weighted by Crippen LogP contribution is -2.30. The van der Waals surface area contributed by atoms with Gasteiger partial charge in [0.15, 0.2) is 0 Å². The second kappa shape index (κ2) is 5.73. The van der Waals surface area contributed by atoms with Gasteiger partial charge in [-0.1, -0.05) is 23.7 Å². The van der Waals surface area contributed by atoms with Gasteiger partial charge < -0.3 is 0 Å². The quantitative estimate of drug-likeness (QED) is 0.494. The monoisotopic (exact) mass is 393 g/mol. The number of amides is 2. The van der Waals surface area contributed by atoms with Gasteiger partial charge in [-0.2, -0.15) is 26.3 Å². The molecule has 0 spiro atoms. The van der Waals surface area contributed by atoms with Gasteiger partial charge in [-0.3, -0.25) is 9.59 Å². The van der Waals surface area contributed by atoms with E-state index in [4.69, 9.17) is 11.6 Å². The lowest BCUT2D eigenvalue weighted by molar-refractivity contribution is -0.142. The van der Waals surface area contributed by atoms with Crippen LogP contribution in [-0.4, -0.2) is 11.8 Å². The van der Waals surface area contributed by atoms with Crippen LogP contribution in [-0.2, 0) is 12.4 Å². The molecule has 0 saturated heterocycles. The Morgan fingerprint density at radius 3 is 1.50 bits per heavy atom. The van der Waals surface area contributed by atoms with Crippen LogP contribution in [0.1, 0.15) is 31.8 Å². The first-order valence-electron chi connectivity index (χ1n) is 6.88. The van der Waals surface area contributed by atoms with Gasteiger partial charge in [-0.25, -0.2) is 4.90 Å². The van der Waals surface area contributed by atoms with E-state index in [0.29, 0.717) is 0 Å². The summed E-state index contributed by atoms with van der Waals surface area (Å²) in [5.74, 6) is -2.04. The largest absolute Gasteiger partial charge is 0.417 e. The van der Waals surface area contributed by atoms with E-state index >= 15 is 0 Å². The van der Waals surface area contributed by atoms with Crippen molar-refractivity contribution in [1.82, 2.24) is 0 Å². The van der Waals surface area contributed by atoms with E-state index in [1.54, 1.807) is 0 Å². The summed E-state index contributed by atoms with van der Waals surface area (Å²) in [6.45, 7) is 0. The Labute approximate surface area is 146 Å². The minimum atomic E-state index is -5.22. The molecule has 0 saturated carbocycles. The molecule has 1 aliphatic rings. The maximum absolute atomic E-state index is 13.1. The molecule has 2 aromatic rings. The van der Waals surface area contributed by atoms with E-state index in [1.807, 2.05) is 0 Å². The van der Waals surface area contributed by atoms with Crippen LogP contribution in [0.3, 0.4) is 0 Å². The van der Waals surface area contributed by atoms with Crippen molar-refractivity contribution in [2.45, 2.75) is 12.4 Å². The van der Waals surface area contributed by atoms with Crippen LogP contribution < -0.4 is 4.90 Å². The van der Waals surface area contributed by atoms with E-state index in [9.17, 15) is 35.9 Å². The van der Waals surface area contributed by atoms with Crippen molar-refractivity contribution in [2.75, 3.05) is 4.90 Å². The fraction of sp³-hybridized carbons (Fsp3) is 0.125. The van der Waals surface area contributed by atoms with Gasteiger partial charge >= 0.3 is 12.4 Å². The molecule has 10 heteroatoms. The molecular weight excluding hydrogens is 388 g/mol. The van der Waals surface area contributed by atoms with Gasteiger partial charge in [-0.15, -0.1) is 0 Å². The van der Waals surface area contributed by atoms with Gasteiger partial charge in [0.1, 0.15) is 0 Å². The molecule has 0 N–H and O–H groups in total. The van der Waals surface area contributed by atoms with Crippen molar-refractivity contribution in [3.63, 3.8) is 0 Å². The van der Waals surface area contributed by atoms with Gasteiger partial charge in [0.25, 0.3) is 11.8 Å². The van der Waals surface area contributed by atoms with Crippen molar-refractivity contribution in [1.29, 1.82) is 0 Å². The summed E-state index contributed by atoms with van der Waals surface area (Å²) < 4.78 is 78.6. The summed E-state index contributed by atoms with van der Waals surface area (Å²) in [7, 11) is 0. The number of alkyl halides is 6. The predicted octanol–water partition coefficient (Wildman–Crippen LogP) is 5.18. The van der Waals surface area contributed by atoms with Gasteiger partial charge in [-0.05, 0) is 24.3 Å². The first-order valence-corrected chi connectivity index (χ1v) is 7.26. The van der Waals surface area contributed by atoms with Crippen LogP contribution in [0.15, 0.2) is 36.4 Å². The minimum Gasteiger partial charge on any atom is -0.268 e. The summed E-state index contributed by atoms with van der Waals surface area (Å²) in [5.41, 5.74) is -4.68. The zero-order chi connectivity index (χ0) is 19.4. The number of imide groups is 1. The molecule has 3 nitrogen and oxygen atoms in total. The molecule has 26 heavy (non-hydrogen) atoms. The molecule has 0 bridgehead atoms. The number of fused-ring (bicyclic) bond motifs is 1. The molecule has 0 atom stereocenters. The van der Waals surface area contributed by atoms with Gasteiger partial charge in [0.2, 0.25) is 0 Å². The summed E-state index contributed by atoms with van der Waals surface area (Å²) in [6.07, 6.45) is -10.4. The molecule has 2 aromatic carbocycles. The first kappa shape index (κ1) is 18.2. The first-order chi connectivity index (χ1) is 11.9. The van der Waals surface area contributed by atoms with Gasteiger partial charge in [0.05, 0.1) is 33.0 Å². The zero-order valence-corrected chi connectivity index (χ0v) is 13.1. The van der Waals surface area contributed by atoms with Crippen molar-refractivity contribution in [3.8, 4) is 0 Å². The number of rotatable bonds is 1. The van der Waals surface area contributed by atoms with E-state index in [2.05, 4.69) is 0 Å². The Balaban J connectivity index is 2.24. The molecule has 0 unspecified atom stereocenters. The topological polar surface area (TPSA) is 37.4 Å². The molecule has 0 aliphatic carbocycles. The van der Waals surface area contributed by atoms with Crippen LogP contribution in [0.25, 0.3) is 0 Å². The van der Waals surface area contributed by atoms with Crippen LogP contribution >= 0.6 is 11.6 Å². The summed E-state index contributed by atoms with van der Waals surface area (Å²) in [6, 6.07) is 5.83. The number of carbonyl (C=O) groups excluding carboxylic acids is 2. The van der Waals surface area contributed by atoms with Crippen molar-refractivity contribution >= 4 is 29.1 Å². The van der Waals surface area contributed by atoms with E-state index < -0.39 is 46.0 Å². The molecule has 1 heterocycles. The number of nitrogens with zero attached hydrogens (tertiary/aromatic N) is 1. The Kier molecular flexibility index (Phi) is 4.02. The molecule has 0 fully saturated rings. The molecule has 136 valence electrons. The smallest absolute Gasteiger partial charge is 0.268 e. The Hall–Kier alpha value is -2.55. The Bertz CT molecular complexity index is 865.